The van der Waals surface area contributed by atoms with Gasteiger partial charge in [-0.05, 0) is 46.6 Å². The summed E-state index contributed by atoms with van der Waals surface area (Å²) in [6, 6.07) is 5.11. The maximum atomic E-state index is 10.7. The molecule has 1 aromatic rings. The van der Waals surface area contributed by atoms with Crippen molar-refractivity contribution in [2.24, 2.45) is 0 Å². The van der Waals surface area contributed by atoms with Crippen molar-refractivity contribution in [3.8, 4) is 11.5 Å². The first kappa shape index (κ1) is 12.8. The second kappa shape index (κ2) is 5.70. The Balaban J connectivity index is 2.75. The zero-order valence-electron chi connectivity index (χ0n) is 9.25. The van der Waals surface area contributed by atoms with Crippen molar-refractivity contribution in [2.75, 3.05) is 6.61 Å². The molecule has 0 N–H and O–H groups in total. The number of esters is 1. The van der Waals surface area contributed by atoms with E-state index < -0.39 is 0 Å². The Morgan fingerprint density at radius 1 is 1.44 bits per heavy atom. The van der Waals surface area contributed by atoms with E-state index in [2.05, 4.69) is 22.5 Å². The lowest BCUT2D eigenvalue weighted by molar-refractivity contribution is -0.131. The van der Waals surface area contributed by atoms with Crippen LogP contribution in [0, 0.1) is 0 Å². The van der Waals surface area contributed by atoms with E-state index in [-0.39, 0.29) is 5.97 Å². The molecule has 0 atom stereocenters. The van der Waals surface area contributed by atoms with E-state index in [4.69, 9.17) is 9.47 Å². The van der Waals surface area contributed by atoms with Crippen molar-refractivity contribution in [3.05, 3.63) is 34.8 Å². The molecule has 86 valence electrons. The molecule has 0 heterocycles. The summed E-state index contributed by atoms with van der Waals surface area (Å²) in [5, 5.41) is 0. The molecule has 0 amide bonds. The molecule has 0 unspecified atom stereocenters. The molecule has 0 fully saturated rings. The quantitative estimate of drug-likeness (QED) is 0.483. The van der Waals surface area contributed by atoms with Gasteiger partial charge in [-0.1, -0.05) is 6.58 Å². The Morgan fingerprint density at radius 2 is 2.12 bits per heavy atom. The second-order valence-corrected chi connectivity index (χ2v) is 4.29. The van der Waals surface area contributed by atoms with Gasteiger partial charge in [0.1, 0.15) is 18.1 Å². The first-order valence-electron chi connectivity index (χ1n) is 4.74. The maximum Gasteiger partial charge on any atom is 0.308 e. The smallest absolute Gasteiger partial charge is 0.308 e. The molecule has 0 bridgehead atoms. The molecule has 0 aliphatic heterocycles. The average Bonchev–Trinajstić information content (AvgIpc) is 2.15. The van der Waals surface area contributed by atoms with Crippen LogP contribution in [0.25, 0.3) is 0 Å². The molecule has 0 saturated carbocycles. The molecule has 3 nitrogen and oxygen atoms in total. The van der Waals surface area contributed by atoms with Gasteiger partial charge >= 0.3 is 5.97 Å². The number of hydrogen-bond donors (Lipinski definition) is 0. The van der Waals surface area contributed by atoms with Crippen LogP contribution >= 0.6 is 15.9 Å². The number of benzene rings is 1. The van der Waals surface area contributed by atoms with E-state index in [9.17, 15) is 4.79 Å². The molecule has 0 spiro atoms. The topological polar surface area (TPSA) is 35.5 Å². The first-order valence-corrected chi connectivity index (χ1v) is 5.53. The Hall–Kier alpha value is -1.29. The lowest BCUT2D eigenvalue weighted by Gasteiger charge is -2.09. The van der Waals surface area contributed by atoms with Gasteiger partial charge in [0.25, 0.3) is 0 Å². The van der Waals surface area contributed by atoms with Crippen LogP contribution in [-0.4, -0.2) is 12.6 Å². The van der Waals surface area contributed by atoms with Crippen LogP contribution in [0.5, 0.6) is 11.5 Å². The normalized spacial score (nSPS) is 9.69. The Labute approximate surface area is 103 Å². The van der Waals surface area contributed by atoms with Gasteiger partial charge in [-0.3, -0.25) is 4.79 Å². The van der Waals surface area contributed by atoms with Crippen molar-refractivity contribution in [1.82, 2.24) is 0 Å². The first-order chi connectivity index (χ1) is 7.49. The summed E-state index contributed by atoms with van der Waals surface area (Å²) in [5.41, 5.74) is 0.941. The molecule has 1 aromatic carbocycles. The Kier molecular flexibility index (Phi) is 4.55. The van der Waals surface area contributed by atoms with Gasteiger partial charge in [-0.15, -0.1) is 0 Å². The highest BCUT2D eigenvalue weighted by Gasteiger charge is 2.05. The van der Waals surface area contributed by atoms with Crippen LogP contribution in [-0.2, 0) is 4.79 Å². The van der Waals surface area contributed by atoms with Crippen LogP contribution in [0.15, 0.2) is 34.8 Å². The highest BCUT2D eigenvalue weighted by atomic mass is 79.9. The Morgan fingerprint density at radius 3 is 2.62 bits per heavy atom. The lowest BCUT2D eigenvalue weighted by atomic mass is 10.3. The molecular weight excluding hydrogens is 272 g/mol. The molecular formula is C12H13BrO3. The van der Waals surface area contributed by atoms with E-state index >= 15 is 0 Å². The monoisotopic (exact) mass is 284 g/mol. The van der Waals surface area contributed by atoms with E-state index in [0.29, 0.717) is 18.1 Å². The molecule has 0 radical (unpaired) electrons. The van der Waals surface area contributed by atoms with E-state index in [0.717, 1.165) is 10.0 Å². The highest BCUT2D eigenvalue weighted by Crippen LogP contribution is 2.29. The van der Waals surface area contributed by atoms with Crippen LogP contribution in [0.2, 0.25) is 0 Å². The van der Waals surface area contributed by atoms with Crippen molar-refractivity contribution < 1.29 is 14.3 Å². The van der Waals surface area contributed by atoms with Crippen molar-refractivity contribution in [1.29, 1.82) is 0 Å². The van der Waals surface area contributed by atoms with E-state index in [1.807, 2.05) is 6.92 Å². The zero-order chi connectivity index (χ0) is 12.1. The molecule has 0 aliphatic rings. The molecule has 16 heavy (non-hydrogen) atoms. The number of rotatable bonds is 4. The van der Waals surface area contributed by atoms with E-state index in [1.165, 1.54) is 6.92 Å². The lowest BCUT2D eigenvalue weighted by Crippen LogP contribution is -2.02. The van der Waals surface area contributed by atoms with Gasteiger partial charge in [-0.2, -0.15) is 0 Å². The SMILES string of the molecule is C=C(C)COc1ccc(OC(C)=O)cc1Br. The van der Waals surface area contributed by atoms with Crippen LogP contribution in [0.1, 0.15) is 13.8 Å². The molecule has 0 aromatic heterocycles. The summed E-state index contributed by atoms with van der Waals surface area (Å²) in [7, 11) is 0. The van der Waals surface area contributed by atoms with Crippen molar-refractivity contribution >= 4 is 21.9 Å². The fourth-order valence-electron chi connectivity index (χ4n) is 1.03. The summed E-state index contributed by atoms with van der Waals surface area (Å²) in [6.07, 6.45) is 0. The largest absolute Gasteiger partial charge is 0.488 e. The highest BCUT2D eigenvalue weighted by molar-refractivity contribution is 9.10. The number of hydrogen-bond acceptors (Lipinski definition) is 3. The third-order valence-electron chi connectivity index (χ3n) is 1.64. The maximum absolute atomic E-state index is 10.7. The van der Waals surface area contributed by atoms with Crippen LogP contribution < -0.4 is 9.47 Å². The standard InChI is InChI=1S/C12H13BrO3/c1-8(2)7-15-12-5-4-10(6-11(12)13)16-9(3)14/h4-6H,1,7H2,2-3H3. The van der Waals surface area contributed by atoms with Gasteiger partial charge < -0.3 is 9.47 Å². The van der Waals surface area contributed by atoms with Gasteiger partial charge in [0.2, 0.25) is 0 Å². The van der Waals surface area contributed by atoms with Crippen LogP contribution in [0.3, 0.4) is 0 Å². The van der Waals surface area contributed by atoms with Gasteiger partial charge in [0.15, 0.2) is 0 Å². The molecule has 1 rings (SSSR count). The summed E-state index contributed by atoms with van der Waals surface area (Å²) in [6.45, 7) is 7.46. The number of carbonyl (C=O) groups is 1. The van der Waals surface area contributed by atoms with Crippen molar-refractivity contribution in [3.63, 3.8) is 0 Å². The van der Waals surface area contributed by atoms with Crippen molar-refractivity contribution in [2.45, 2.75) is 13.8 Å². The summed E-state index contributed by atoms with van der Waals surface area (Å²) >= 11 is 3.34. The average molecular weight is 285 g/mol. The third kappa shape index (κ3) is 4.06. The molecule has 0 saturated heterocycles. The number of carbonyl (C=O) groups excluding carboxylic acids is 1. The zero-order valence-corrected chi connectivity index (χ0v) is 10.8. The predicted octanol–water partition coefficient (Wildman–Crippen LogP) is 3.33. The summed E-state index contributed by atoms with van der Waals surface area (Å²) < 4.78 is 11.1. The minimum Gasteiger partial charge on any atom is -0.488 e. The number of ether oxygens (including phenoxy) is 2. The van der Waals surface area contributed by atoms with E-state index in [1.54, 1.807) is 18.2 Å². The molecule has 0 aliphatic carbocycles. The predicted molar refractivity (Wildman–Crippen MR) is 65.8 cm³/mol. The third-order valence-corrected chi connectivity index (χ3v) is 2.26. The van der Waals surface area contributed by atoms with Gasteiger partial charge in [-0.25, -0.2) is 0 Å². The van der Waals surface area contributed by atoms with Gasteiger partial charge in [0, 0.05) is 6.92 Å². The summed E-state index contributed by atoms with van der Waals surface area (Å²) in [5.74, 6) is 0.837. The number of halogens is 1. The van der Waals surface area contributed by atoms with Crippen LogP contribution in [0.4, 0.5) is 0 Å². The fraction of sp³-hybridized carbons (Fsp3) is 0.250. The van der Waals surface area contributed by atoms with Gasteiger partial charge in [0.05, 0.1) is 4.47 Å². The minimum atomic E-state index is -0.345. The second-order valence-electron chi connectivity index (χ2n) is 3.43. The summed E-state index contributed by atoms with van der Waals surface area (Å²) in [4.78, 5) is 10.7. The Bertz CT molecular complexity index is 413. The fourth-order valence-corrected chi connectivity index (χ4v) is 1.50. The molecule has 4 heteroatoms. The minimum absolute atomic E-state index is 0.345.